The predicted molar refractivity (Wildman–Crippen MR) is 64.4 cm³/mol. The maximum Gasteiger partial charge on any atom is 0.120 e. The van der Waals surface area contributed by atoms with E-state index < -0.39 is 0 Å². The third kappa shape index (κ3) is 1.65. The lowest BCUT2D eigenvalue weighted by Crippen LogP contribution is -1.95. The molecule has 0 fully saturated rings. The molecule has 0 aliphatic rings. The Balaban J connectivity index is 2.07. The normalized spacial score (nSPS) is 11.1. The second kappa shape index (κ2) is 3.79. The zero-order valence-electron chi connectivity index (χ0n) is 8.43. The molecule has 0 N–H and O–H groups in total. The molecule has 16 heavy (non-hydrogen) atoms. The fourth-order valence-electron chi connectivity index (χ4n) is 1.72. The van der Waals surface area contributed by atoms with Crippen LogP contribution in [0.25, 0.3) is 5.52 Å². The van der Waals surface area contributed by atoms with Gasteiger partial charge in [0.15, 0.2) is 0 Å². The molecule has 80 valence electrons. The molecule has 0 spiro atoms. The number of aromatic nitrogens is 2. The molecule has 0 aliphatic carbocycles. The first-order valence-electron chi connectivity index (χ1n) is 4.97. The van der Waals surface area contributed by atoms with Crippen molar-refractivity contribution >= 4 is 21.4 Å². The van der Waals surface area contributed by atoms with Gasteiger partial charge in [-0.05, 0) is 40.2 Å². The van der Waals surface area contributed by atoms with E-state index in [2.05, 4.69) is 25.3 Å². The quantitative estimate of drug-likeness (QED) is 0.719. The van der Waals surface area contributed by atoms with Gasteiger partial charge in [0.1, 0.15) is 11.6 Å². The van der Waals surface area contributed by atoms with Crippen LogP contribution in [0.5, 0.6) is 0 Å². The average molecular weight is 277 g/mol. The van der Waals surface area contributed by atoms with Gasteiger partial charge in [-0.3, -0.25) is 0 Å². The van der Waals surface area contributed by atoms with E-state index in [4.69, 9.17) is 4.42 Å². The zero-order valence-corrected chi connectivity index (χ0v) is 10.0. The summed E-state index contributed by atoms with van der Waals surface area (Å²) in [5.74, 6) is 1.90. The SMILES string of the molecule is Brc1ccc2cnc(Cc3ccco3)n2c1. The molecule has 0 bridgehead atoms. The molecule has 0 radical (unpaired) electrons. The second-order valence-electron chi connectivity index (χ2n) is 3.57. The minimum Gasteiger partial charge on any atom is -0.469 e. The molecule has 3 heterocycles. The largest absolute Gasteiger partial charge is 0.469 e. The van der Waals surface area contributed by atoms with Crippen molar-refractivity contribution in [2.75, 3.05) is 0 Å². The highest BCUT2D eigenvalue weighted by atomic mass is 79.9. The molecule has 0 unspecified atom stereocenters. The van der Waals surface area contributed by atoms with Crippen LogP contribution < -0.4 is 0 Å². The van der Waals surface area contributed by atoms with Gasteiger partial charge in [-0.1, -0.05) is 0 Å². The minimum absolute atomic E-state index is 0.706. The molecule has 0 amide bonds. The smallest absolute Gasteiger partial charge is 0.120 e. The van der Waals surface area contributed by atoms with Crippen LogP contribution in [0.15, 0.2) is 51.8 Å². The second-order valence-corrected chi connectivity index (χ2v) is 4.49. The first kappa shape index (κ1) is 9.66. The van der Waals surface area contributed by atoms with E-state index in [0.717, 1.165) is 21.6 Å². The summed E-state index contributed by atoms with van der Waals surface area (Å²) in [7, 11) is 0. The maximum absolute atomic E-state index is 5.32. The zero-order chi connectivity index (χ0) is 11.0. The van der Waals surface area contributed by atoms with Crippen molar-refractivity contribution in [3.63, 3.8) is 0 Å². The Morgan fingerprint density at radius 2 is 2.25 bits per heavy atom. The Morgan fingerprint density at radius 3 is 3.06 bits per heavy atom. The summed E-state index contributed by atoms with van der Waals surface area (Å²) in [4.78, 5) is 4.39. The van der Waals surface area contributed by atoms with E-state index in [1.54, 1.807) is 6.26 Å². The van der Waals surface area contributed by atoms with Crippen LogP contribution >= 0.6 is 15.9 Å². The predicted octanol–water partition coefficient (Wildman–Crippen LogP) is 3.28. The van der Waals surface area contributed by atoms with Gasteiger partial charge in [0.2, 0.25) is 0 Å². The maximum atomic E-state index is 5.32. The lowest BCUT2D eigenvalue weighted by atomic mass is 10.3. The van der Waals surface area contributed by atoms with E-state index in [1.807, 2.05) is 36.7 Å². The number of nitrogens with zero attached hydrogens (tertiary/aromatic N) is 2. The van der Waals surface area contributed by atoms with Gasteiger partial charge in [-0.15, -0.1) is 0 Å². The number of imidazole rings is 1. The minimum atomic E-state index is 0.706. The highest BCUT2D eigenvalue weighted by molar-refractivity contribution is 9.10. The molecule has 0 atom stereocenters. The van der Waals surface area contributed by atoms with Crippen LogP contribution in [-0.2, 0) is 6.42 Å². The van der Waals surface area contributed by atoms with Crippen molar-refractivity contribution in [3.05, 3.63) is 59.0 Å². The Kier molecular flexibility index (Phi) is 2.29. The summed E-state index contributed by atoms with van der Waals surface area (Å²) in [6, 6.07) is 7.89. The summed E-state index contributed by atoms with van der Waals surface area (Å²) in [5, 5.41) is 0. The van der Waals surface area contributed by atoms with Crippen LogP contribution in [0, 0.1) is 0 Å². The van der Waals surface area contributed by atoms with Crippen LogP contribution in [0.3, 0.4) is 0 Å². The summed E-state index contributed by atoms with van der Waals surface area (Å²) < 4.78 is 8.42. The number of hydrogen-bond donors (Lipinski definition) is 0. The van der Waals surface area contributed by atoms with Crippen molar-refractivity contribution in [1.82, 2.24) is 9.38 Å². The molecule has 0 aliphatic heterocycles. The molecule has 0 saturated carbocycles. The highest BCUT2D eigenvalue weighted by Crippen LogP contribution is 2.16. The Hall–Kier alpha value is -1.55. The van der Waals surface area contributed by atoms with Crippen LogP contribution in [0.1, 0.15) is 11.6 Å². The third-order valence-electron chi connectivity index (χ3n) is 2.48. The molecular weight excluding hydrogens is 268 g/mol. The third-order valence-corrected chi connectivity index (χ3v) is 2.95. The number of pyridine rings is 1. The topological polar surface area (TPSA) is 30.4 Å². The van der Waals surface area contributed by atoms with Gasteiger partial charge in [0.05, 0.1) is 24.4 Å². The van der Waals surface area contributed by atoms with Crippen molar-refractivity contribution in [1.29, 1.82) is 0 Å². The molecule has 4 heteroatoms. The van der Waals surface area contributed by atoms with Crippen LogP contribution in [0.2, 0.25) is 0 Å². The fraction of sp³-hybridized carbons (Fsp3) is 0.0833. The molecule has 3 aromatic rings. The number of fused-ring (bicyclic) bond motifs is 1. The first-order valence-corrected chi connectivity index (χ1v) is 5.76. The lowest BCUT2D eigenvalue weighted by molar-refractivity contribution is 0.516. The van der Waals surface area contributed by atoms with Gasteiger partial charge >= 0.3 is 0 Å². The van der Waals surface area contributed by atoms with Crippen molar-refractivity contribution in [2.24, 2.45) is 0 Å². The number of rotatable bonds is 2. The van der Waals surface area contributed by atoms with E-state index >= 15 is 0 Å². The molecule has 0 saturated heterocycles. The van der Waals surface area contributed by atoms with Crippen molar-refractivity contribution < 1.29 is 4.42 Å². The first-order chi connectivity index (χ1) is 7.83. The summed E-state index contributed by atoms with van der Waals surface area (Å²) in [6.07, 6.45) is 6.27. The number of hydrogen-bond acceptors (Lipinski definition) is 2. The van der Waals surface area contributed by atoms with Crippen molar-refractivity contribution in [2.45, 2.75) is 6.42 Å². The van der Waals surface area contributed by atoms with Gasteiger partial charge < -0.3 is 8.82 Å². The highest BCUT2D eigenvalue weighted by Gasteiger charge is 2.06. The molecule has 3 rings (SSSR count). The number of furan rings is 1. The number of halogens is 1. The van der Waals surface area contributed by atoms with E-state index in [9.17, 15) is 0 Å². The molecule has 3 nitrogen and oxygen atoms in total. The Bertz CT molecular complexity index is 613. The van der Waals surface area contributed by atoms with Crippen LogP contribution in [-0.4, -0.2) is 9.38 Å². The standard InChI is InChI=1S/C12H9BrN2O/c13-9-3-4-10-7-14-12(15(10)8-9)6-11-2-1-5-16-11/h1-5,7-8H,6H2. The van der Waals surface area contributed by atoms with E-state index in [0.29, 0.717) is 6.42 Å². The van der Waals surface area contributed by atoms with Gasteiger partial charge in [0, 0.05) is 10.7 Å². The van der Waals surface area contributed by atoms with Crippen LogP contribution in [0.4, 0.5) is 0 Å². The van der Waals surface area contributed by atoms with Gasteiger partial charge in [-0.2, -0.15) is 0 Å². The molecule has 0 aromatic carbocycles. The molecular formula is C12H9BrN2O. The van der Waals surface area contributed by atoms with E-state index in [-0.39, 0.29) is 0 Å². The summed E-state index contributed by atoms with van der Waals surface area (Å²) in [6.45, 7) is 0. The summed E-state index contributed by atoms with van der Waals surface area (Å²) in [5.41, 5.74) is 1.09. The lowest BCUT2D eigenvalue weighted by Gasteiger charge is -2.00. The molecule has 3 aromatic heterocycles. The fourth-order valence-corrected chi connectivity index (χ4v) is 2.05. The summed E-state index contributed by atoms with van der Waals surface area (Å²) >= 11 is 3.46. The Morgan fingerprint density at radius 1 is 1.31 bits per heavy atom. The van der Waals surface area contributed by atoms with Gasteiger partial charge in [-0.25, -0.2) is 4.98 Å². The van der Waals surface area contributed by atoms with Gasteiger partial charge in [0.25, 0.3) is 0 Å². The van der Waals surface area contributed by atoms with E-state index in [1.165, 1.54) is 0 Å². The average Bonchev–Trinajstić information content (AvgIpc) is 2.90. The Labute approximate surface area is 101 Å². The monoisotopic (exact) mass is 276 g/mol. The van der Waals surface area contributed by atoms with Crippen molar-refractivity contribution in [3.8, 4) is 0 Å².